The standard InChI is InChI=1S/C11H17N3O2/c12-4-9(8-2-1-3-13-5-8)14-6-10(15)11(16)7-14/h1-3,5,9-11,15-16H,4,6-7,12H2. The highest BCUT2D eigenvalue weighted by molar-refractivity contribution is 5.15. The molecule has 5 nitrogen and oxygen atoms in total. The van der Waals surface area contributed by atoms with E-state index in [9.17, 15) is 10.2 Å². The summed E-state index contributed by atoms with van der Waals surface area (Å²) >= 11 is 0. The van der Waals surface area contributed by atoms with Gasteiger partial charge in [-0.1, -0.05) is 6.07 Å². The van der Waals surface area contributed by atoms with Gasteiger partial charge in [0.1, 0.15) is 0 Å². The highest BCUT2D eigenvalue weighted by atomic mass is 16.3. The Hall–Kier alpha value is -1.01. The molecule has 88 valence electrons. The Morgan fingerprint density at radius 1 is 1.44 bits per heavy atom. The Labute approximate surface area is 94.5 Å². The molecule has 0 aliphatic carbocycles. The maximum atomic E-state index is 9.51. The van der Waals surface area contributed by atoms with Crippen LogP contribution in [0, 0.1) is 0 Å². The molecule has 1 aromatic rings. The number of pyridine rings is 1. The highest BCUT2D eigenvalue weighted by Gasteiger charge is 2.33. The number of rotatable bonds is 3. The van der Waals surface area contributed by atoms with Crippen molar-refractivity contribution in [2.45, 2.75) is 18.2 Å². The van der Waals surface area contributed by atoms with Gasteiger partial charge in [-0.2, -0.15) is 0 Å². The average Bonchev–Trinajstić information content (AvgIpc) is 2.61. The number of aliphatic hydroxyl groups is 2. The minimum Gasteiger partial charge on any atom is -0.389 e. The van der Waals surface area contributed by atoms with Gasteiger partial charge in [-0.25, -0.2) is 0 Å². The minimum absolute atomic E-state index is 0.0144. The number of aromatic nitrogens is 1. The van der Waals surface area contributed by atoms with Crippen molar-refractivity contribution >= 4 is 0 Å². The molecule has 0 aromatic carbocycles. The van der Waals surface area contributed by atoms with E-state index in [4.69, 9.17) is 5.73 Å². The minimum atomic E-state index is -0.675. The monoisotopic (exact) mass is 223 g/mol. The first kappa shape index (κ1) is 11.5. The van der Waals surface area contributed by atoms with Gasteiger partial charge in [0.15, 0.2) is 0 Å². The number of likely N-dealkylation sites (tertiary alicyclic amines) is 1. The summed E-state index contributed by atoms with van der Waals surface area (Å²) in [5.74, 6) is 0. The number of aliphatic hydroxyl groups excluding tert-OH is 2. The second kappa shape index (κ2) is 4.88. The van der Waals surface area contributed by atoms with Crippen LogP contribution in [0.5, 0.6) is 0 Å². The van der Waals surface area contributed by atoms with Gasteiger partial charge in [0.05, 0.1) is 12.2 Å². The molecule has 0 amide bonds. The zero-order valence-corrected chi connectivity index (χ0v) is 9.03. The van der Waals surface area contributed by atoms with Crippen LogP contribution in [0.3, 0.4) is 0 Å². The molecule has 0 bridgehead atoms. The lowest BCUT2D eigenvalue weighted by atomic mass is 10.1. The molecule has 1 saturated heterocycles. The molecule has 1 aromatic heterocycles. The lowest BCUT2D eigenvalue weighted by molar-refractivity contribution is 0.0572. The predicted octanol–water partition coefficient (Wildman–Crippen LogP) is -0.881. The lowest BCUT2D eigenvalue weighted by Gasteiger charge is -2.26. The smallest absolute Gasteiger partial charge is 0.0938 e. The van der Waals surface area contributed by atoms with Gasteiger partial charge in [0.2, 0.25) is 0 Å². The Morgan fingerprint density at radius 2 is 2.12 bits per heavy atom. The fourth-order valence-electron chi connectivity index (χ4n) is 2.12. The zero-order valence-electron chi connectivity index (χ0n) is 9.03. The van der Waals surface area contributed by atoms with Crippen molar-refractivity contribution in [3.05, 3.63) is 30.1 Å². The van der Waals surface area contributed by atoms with Crippen LogP contribution in [0.15, 0.2) is 24.5 Å². The molecule has 2 heterocycles. The second-order valence-corrected chi connectivity index (χ2v) is 4.13. The first-order valence-electron chi connectivity index (χ1n) is 5.42. The molecular weight excluding hydrogens is 206 g/mol. The summed E-state index contributed by atoms with van der Waals surface area (Å²) in [4.78, 5) is 6.05. The first-order chi connectivity index (χ1) is 7.72. The summed E-state index contributed by atoms with van der Waals surface area (Å²) in [5.41, 5.74) is 6.76. The zero-order chi connectivity index (χ0) is 11.5. The Morgan fingerprint density at radius 3 is 2.62 bits per heavy atom. The van der Waals surface area contributed by atoms with Crippen molar-refractivity contribution in [2.75, 3.05) is 19.6 Å². The normalized spacial score (nSPS) is 28.2. The van der Waals surface area contributed by atoms with Crippen LogP contribution in [0.1, 0.15) is 11.6 Å². The fourth-order valence-corrected chi connectivity index (χ4v) is 2.12. The molecule has 1 fully saturated rings. The third-order valence-corrected chi connectivity index (χ3v) is 3.02. The fraction of sp³-hybridized carbons (Fsp3) is 0.545. The van der Waals surface area contributed by atoms with E-state index in [1.54, 1.807) is 12.4 Å². The summed E-state index contributed by atoms with van der Waals surface area (Å²) in [6.07, 6.45) is 2.13. The number of β-amino-alcohol motifs (C(OH)–C–C–N with tert-alkyl or cyclic N) is 2. The third-order valence-electron chi connectivity index (χ3n) is 3.02. The van der Waals surface area contributed by atoms with E-state index in [-0.39, 0.29) is 6.04 Å². The maximum Gasteiger partial charge on any atom is 0.0938 e. The third kappa shape index (κ3) is 2.22. The van der Waals surface area contributed by atoms with Crippen LogP contribution >= 0.6 is 0 Å². The molecule has 0 spiro atoms. The number of hydrogen-bond donors (Lipinski definition) is 3. The van der Waals surface area contributed by atoms with E-state index < -0.39 is 12.2 Å². The van der Waals surface area contributed by atoms with Crippen LogP contribution in [-0.2, 0) is 0 Å². The van der Waals surface area contributed by atoms with Crippen molar-refractivity contribution in [1.29, 1.82) is 0 Å². The summed E-state index contributed by atoms with van der Waals surface area (Å²) in [6.45, 7) is 1.36. The largest absolute Gasteiger partial charge is 0.389 e. The molecule has 16 heavy (non-hydrogen) atoms. The Bertz CT molecular complexity index is 323. The van der Waals surface area contributed by atoms with E-state index in [0.29, 0.717) is 19.6 Å². The summed E-state index contributed by atoms with van der Waals surface area (Å²) < 4.78 is 0. The van der Waals surface area contributed by atoms with Crippen LogP contribution < -0.4 is 5.73 Å². The number of nitrogens with two attached hydrogens (primary N) is 1. The lowest BCUT2D eigenvalue weighted by Crippen LogP contribution is -2.33. The van der Waals surface area contributed by atoms with Crippen LogP contribution in [0.25, 0.3) is 0 Å². The van der Waals surface area contributed by atoms with Gasteiger partial charge >= 0.3 is 0 Å². The molecule has 3 unspecified atom stereocenters. The molecular formula is C11H17N3O2. The molecule has 1 aliphatic rings. The molecule has 0 saturated carbocycles. The van der Waals surface area contributed by atoms with Gasteiger partial charge in [-0.05, 0) is 11.6 Å². The van der Waals surface area contributed by atoms with Gasteiger partial charge in [0, 0.05) is 38.1 Å². The van der Waals surface area contributed by atoms with E-state index in [2.05, 4.69) is 4.98 Å². The van der Waals surface area contributed by atoms with E-state index in [1.807, 2.05) is 17.0 Å². The van der Waals surface area contributed by atoms with Gasteiger partial charge in [0.25, 0.3) is 0 Å². The van der Waals surface area contributed by atoms with Crippen molar-refractivity contribution in [3.63, 3.8) is 0 Å². The average molecular weight is 223 g/mol. The van der Waals surface area contributed by atoms with Crippen LogP contribution in [0.4, 0.5) is 0 Å². The Balaban J connectivity index is 2.12. The van der Waals surface area contributed by atoms with Crippen LogP contribution in [-0.4, -0.2) is 51.9 Å². The van der Waals surface area contributed by atoms with Gasteiger partial charge < -0.3 is 15.9 Å². The van der Waals surface area contributed by atoms with Crippen molar-refractivity contribution in [3.8, 4) is 0 Å². The van der Waals surface area contributed by atoms with E-state index in [1.165, 1.54) is 0 Å². The van der Waals surface area contributed by atoms with E-state index >= 15 is 0 Å². The molecule has 5 heteroatoms. The summed E-state index contributed by atoms with van der Waals surface area (Å²) in [6, 6.07) is 3.84. The quantitative estimate of drug-likeness (QED) is 0.620. The topological polar surface area (TPSA) is 82.6 Å². The van der Waals surface area contributed by atoms with Crippen molar-refractivity contribution < 1.29 is 10.2 Å². The molecule has 0 radical (unpaired) electrons. The van der Waals surface area contributed by atoms with Crippen LogP contribution in [0.2, 0.25) is 0 Å². The van der Waals surface area contributed by atoms with E-state index in [0.717, 1.165) is 5.56 Å². The number of nitrogens with zero attached hydrogens (tertiary/aromatic N) is 2. The summed E-state index contributed by atoms with van der Waals surface area (Å²) in [7, 11) is 0. The van der Waals surface area contributed by atoms with Gasteiger partial charge in [-0.15, -0.1) is 0 Å². The molecule has 1 aliphatic heterocycles. The van der Waals surface area contributed by atoms with Crippen molar-refractivity contribution in [2.24, 2.45) is 5.73 Å². The Kier molecular flexibility index (Phi) is 3.50. The van der Waals surface area contributed by atoms with Crippen molar-refractivity contribution in [1.82, 2.24) is 9.88 Å². The SMILES string of the molecule is NCC(c1cccnc1)N1CC(O)C(O)C1. The second-order valence-electron chi connectivity index (χ2n) is 4.13. The molecule has 3 atom stereocenters. The number of hydrogen-bond acceptors (Lipinski definition) is 5. The maximum absolute atomic E-state index is 9.51. The first-order valence-corrected chi connectivity index (χ1v) is 5.42. The summed E-state index contributed by atoms with van der Waals surface area (Å²) in [5, 5.41) is 19.0. The van der Waals surface area contributed by atoms with Gasteiger partial charge in [-0.3, -0.25) is 9.88 Å². The molecule has 4 N–H and O–H groups in total. The molecule has 2 rings (SSSR count). The predicted molar refractivity (Wildman–Crippen MR) is 59.6 cm³/mol. The highest BCUT2D eigenvalue weighted by Crippen LogP contribution is 2.23.